The molecule has 0 saturated carbocycles. The summed E-state index contributed by atoms with van der Waals surface area (Å²) < 4.78 is 18.8. The molecule has 17 heavy (non-hydrogen) atoms. The molecule has 96 valence electrons. The minimum absolute atomic E-state index is 0.108. The summed E-state index contributed by atoms with van der Waals surface area (Å²) in [6, 6.07) is 4.28. The van der Waals surface area contributed by atoms with Crippen LogP contribution in [-0.2, 0) is 0 Å². The second-order valence-electron chi connectivity index (χ2n) is 4.50. The number of halogens is 1. The molecule has 1 aromatic carbocycles. The maximum absolute atomic E-state index is 13.5. The Labute approximate surface area is 101 Å². The Balaban J connectivity index is 2.71. The van der Waals surface area contributed by atoms with Crippen LogP contribution in [0.5, 0.6) is 5.75 Å². The zero-order valence-corrected chi connectivity index (χ0v) is 10.4. The Bertz CT molecular complexity index is 375. The fourth-order valence-electron chi connectivity index (χ4n) is 1.28. The summed E-state index contributed by atoms with van der Waals surface area (Å²) in [6.45, 7) is 5.12. The molecule has 0 aromatic heterocycles. The quantitative estimate of drug-likeness (QED) is 0.833. The smallest absolute Gasteiger partial charge is 0.132 e. The van der Waals surface area contributed by atoms with Gasteiger partial charge in [-0.05, 0) is 32.4 Å². The number of benzene rings is 1. The predicted octanol–water partition coefficient (Wildman–Crippen LogP) is 2.42. The summed E-state index contributed by atoms with van der Waals surface area (Å²) in [7, 11) is 0. The highest BCUT2D eigenvalue weighted by molar-refractivity contribution is 5.30. The highest BCUT2D eigenvalue weighted by Crippen LogP contribution is 2.22. The van der Waals surface area contributed by atoms with Gasteiger partial charge in [0.2, 0.25) is 0 Å². The number of hydrogen-bond acceptors (Lipinski definition) is 3. The fraction of sp³-hybridized carbons (Fsp3) is 0.538. The van der Waals surface area contributed by atoms with Crippen molar-refractivity contribution >= 4 is 0 Å². The van der Waals surface area contributed by atoms with Crippen molar-refractivity contribution in [1.29, 1.82) is 0 Å². The van der Waals surface area contributed by atoms with Gasteiger partial charge in [-0.2, -0.15) is 0 Å². The summed E-state index contributed by atoms with van der Waals surface area (Å²) >= 11 is 0. The molecule has 0 aliphatic heterocycles. The Morgan fingerprint density at radius 1 is 1.47 bits per heavy atom. The van der Waals surface area contributed by atoms with Gasteiger partial charge in [0.05, 0.1) is 11.7 Å². The fourth-order valence-corrected chi connectivity index (χ4v) is 1.28. The van der Waals surface area contributed by atoms with Crippen LogP contribution in [0, 0.1) is 5.82 Å². The molecule has 0 saturated heterocycles. The lowest BCUT2D eigenvalue weighted by Gasteiger charge is -2.21. The summed E-state index contributed by atoms with van der Waals surface area (Å²) in [6.07, 6.45) is -0.288. The predicted molar refractivity (Wildman–Crippen MR) is 63.4 cm³/mol. The van der Waals surface area contributed by atoms with Gasteiger partial charge in [-0.3, -0.25) is 0 Å². The van der Waals surface area contributed by atoms with Crippen LogP contribution in [0.3, 0.4) is 0 Å². The topological polar surface area (TPSA) is 49.7 Å². The molecule has 0 aliphatic carbocycles. The largest absolute Gasteiger partial charge is 0.491 e. The molecule has 0 aliphatic rings. The van der Waals surface area contributed by atoms with Crippen molar-refractivity contribution in [3.8, 4) is 5.75 Å². The van der Waals surface area contributed by atoms with E-state index in [1.165, 1.54) is 19.1 Å². The van der Waals surface area contributed by atoms with E-state index in [-0.39, 0.29) is 12.2 Å². The zero-order valence-electron chi connectivity index (χ0n) is 10.4. The van der Waals surface area contributed by atoms with Crippen molar-refractivity contribution in [2.24, 2.45) is 0 Å². The lowest BCUT2D eigenvalue weighted by Crippen LogP contribution is -2.31. The minimum atomic E-state index is -0.917. The van der Waals surface area contributed by atoms with Crippen LogP contribution in [0.4, 0.5) is 4.39 Å². The molecule has 0 heterocycles. The Morgan fingerprint density at radius 2 is 2.12 bits per heavy atom. The molecule has 0 spiro atoms. The van der Waals surface area contributed by atoms with Crippen LogP contribution in [0.25, 0.3) is 0 Å². The molecule has 0 radical (unpaired) electrons. The second kappa shape index (κ2) is 5.47. The minimum Gasteiger partial charge on any atom is -0.491 e. The van der Waals surface area contributed by atoms with Gasteiger partial charge in [0.1, 0.15) is 18.2 Å². The summed E-state index contributed by atoms with van der Waals surface area (Å²) in [4.78, 5) is 0. The van der Waals surface area contributed by atoms with Gasteiger partial charge >= 0.3 is 0 Å². The first-order chi connectivity index (χ1) is 7.85. The van der Waals surface area contributed by atoms with E-state index >= 15 is 0 Å². The number of aliphatic hydroxyl groups is 2. The second-order valence-corrected chi connectivity index (χ2v) is 4.50. The molecule has 0 fully saturated rings. The third kappa shape index (κ3) is 3.98. The first kappa shape index (κ1) is 13.9. The average Bonchev–Trinajstić information content (AvgIpc) is 2.26. The monoisotopic (exact) mass is 242 g/mol. The van der Waals surface area contributed by atoms with Crippen LogP contribution < -0.4 is 4.74 Å². The Hall–Kier alpha value is -1.13. The third-order valence-corrected chi connectivity index (χ3v) is 2.73. The normalized spacial score (nSPS) is 16.4. The third-order valence-electron chi connectivity index (χ3n) is 2.73. The van der Waals surface area contributed by atoms with Crippen molar-refractivity contribution < 1.29 is 19.3 Å². The SMILES string of the molecule is CCC(C)(O)COc1ccc([C@@H](C)O)c(F)c1. The van der Waals surface area contributed by atoms with Gasteiger partial charge in [-0.15, -0.1) is 0 Å². The molecule has 1 rings (SSSR count). The van der Waals surface area contributed by atoms with Gasteiger partial charge in [0.25, 0.3) is 0 Å². The Morgan fingerprint density at radius 3 is 2.59 bits per heavy atom. The van der Waals surface area contributed by atoms with Crippen LogP contribution in [0.1, 0.15) is 38.9 Å². The van der Waals surface area contributed by atoms with Gasteiger partial charge in [0, 0.05) is 11.6 Å². The lowest BCUT2D eigenvalue weighted by molar-refractivity contribution is 0.00834. The summed E-state index contributed by atoms with van der Waals surface area (Å²) in [5.74, 6) is -0.158. The molecular formula is C13H19FO3. The van der Waals surface area contributed by atoms with Crippen molar-refractivity contribution in [3.63, 3.8) is 0 Å². The van der Waals surface area contributed by atoms with Crippen LogP contribution in [0.2, 0.25) is 0 Å². The van der Waals surface area contributed by atoms with Crippen molar-refractivity contribution in [1.82, 2.24) is 0 Å². The van der Waals surface area contributed by atoms with E-state index in [9.17, 15) is 14.6 Å². The highest BCUT2D eigenvalue weighted by Gasteiger charge is 2.18. The maximum Gasteiger partial charge on any atom is 0.132 e. The zero-order chi connectivity index (χ0) is 13.1. The van der Waals surface area contributed by atoms with Crippen LogP contribution in [-0.4, -0.2) is 22.4 Å². The van der Waals surface area contributed by atoms with Gasteiger partial charge < -0.3 is 14.9 Å². The van der Waals surface area contributed by atoms with E-state index in [1.807, 2.05) is 6.92 Å². The number of aliphatic hydroxyl groups excluding tert-OH is 1. The molecule has 2 N–H and O–H groups in total. The van der Waals surface area contributed by atoms with Crippen LogP contribution >= 0.6 is 0 Å². The molecule has 2 atom stereocenters. The number of ether oxygens (including phenoxy) is 1. The molecule has 1 unspecified atom stereocenters. The molecule has 4 heteroatoms. The van der Waals surface area contributed by atoms with E-state index in [0.717, 1.165) is 0 Å². The van der Waals surface area contributed by atoms with E-state index in [1.54, 1.807) is 13.0 Å². The standard InChI is InChI=1S/C13H19FO3/c1-4-13(3,16)8-17-10-5-6-11(9(2)15)12(14)7-10/h5-7,9,15-16H,4,8H2,1-3H3/t9-,13?/m1/s1. The first-order valence-electron chi connectivity index (χ1n) is 5.68. The van der Waals surface area contributed by atoms with Crippen molar-refractivity contribution in [3.05, 3.63) is 29.6 Å². The van der Waals surface area contributed by atoms with Gasteiger partial charge in [-0.1, -0.05) is 6.92 Å². The summed E-state index contributed by atoms with van der Waals surface area (Å²) in [5, 5.41) is 19.0. The van der Waals surface area contributed by atoms with Crippen molar-refractivity contribution in [2.45, 2.75) is 38.9 Å². The average molecular weight is 242 g/mol. The molecular weight excluding hydrogens is 223 g/mol. The van der Waals surface area contributed by atoms with Crippen molar-refractivity contribution in [2.75, 3.05) is 6.61 Å². The molecule has 1 aromatic rings. The van der Waals surface area contributed by atoms with E-state index in [4.69, 9.17) is 4.74 Å². The highest BCUT2D eigenvalue weighted by atomic mass is 19.1. The van der Waals surface area contributed by atoms with Crippen LogP contribution in [0.15, 0.2) is 18.2 Å². The number of hydrogen-bond donors (Lipinski definition) is 2. The van der Waals surface area contributed by atoms with E-state index < -0.39 is 17.5 Å². The number of rotatable bonds is 5. The van der Waals surface area contributed by atoms with Gasteiger partial charge in [-0.25, -0.2) is 4.39 Å². The Kier molecular flexibility index (Phi) is 4.48. The maximum atomic E-state index is 13.5. The van der Waals surface area contributed by atoms with Gasteiger partial charge in [0.15, 0.2) is 0 Å². The summed E-state index contributed by atoms with van der Waals surface area (Å²) in [5.41, 5.74) is -0.682. The molecule has 0 bridgehead atoms. The molecule has 0 amide bonds. The van der Waals surface area contributed by atoms with E-state index in [0.29, 0.717) is 12.2 Å². The lowest BCUT2D eigenvalue weighted by atomic mass is 10.1. The first-order valence-corrected chi connectivity index (χ1v) is 5.68. The molecule has 3 nitrogen and oxygen atoms in total. The van der Waals surface area contributed by atoms with E-state index in [2.05, 4.69) is 0 Å².